The first kappa shape index (κ1) is 16.7. The molecule has 1 N–H and O–H groups in total. The number of carbonyl (C=O) groups is 1. The van der Waals surface area contributed by atoms with Crippen molar-refractivity contribution in [3.05, 3.63) is 34.4 Å². The maximum Gasteiger partial charge on any atom is 0.223 e. The van der Waals surface area contributed by atoms with E-state index in [1.54, 1.807) is 0 Å². The number of rotatable bonds is 7. The highest BCUT2D eigenvalue weighted by atomic mass is 16.2. The molecule has 0 saturated carbocycles. The topological polar surface area (TPSA) is 32.3 Å². The highest BCUT2D eigenvalue weighted by Gasteiger charge is 2.08. The van der Waals surface area contributed by atoms with Crippen LogP contribution >= 0.6 is 0 Å². The monoisotopic (exact) mass is 276 g/mol. The molecule has 0 fully saturated rings. The summed E-state index contributed by atoms with van der Waals surface area (Å²) in [6.07, 6.45) is 0.575. The van der Waals surface area contributed by atoms with Gasteiger partial charge in [0.05, 0.1) is 0 Å². The first-order valence-electron chi connectivity index (χ1n) is 7.54. The molecule has 0 aromatic heterocycles. The van der Waals surface area contributed by atoms with Gasteiger partial charge < -0.3 is 10.2 Å². The molecule has 0 aliphatic rings. The Morgan fingerprint density at radius 3 is 2.25 bits per heavy atom. The van der Waals surface area contributed by atoms with Crippen LogP contribution in [-0.2, 0) is 11.3 Å². The number of amides is 1. The summed E-state index contributed by atoms with van der Waals surface area (Å²) in [6.45, 7) is 13.6. The highest BCUT2D eigenvalue weighted by Crippen LogP contribution is 2.15. The Morgan fingerprint density at radius 2 is 1.65 bits per heavy atom. The number of hydrogen-bond donors (Lipinski definition) is 1. The van der Waals surface area contributed by atoms with Gasteiger partial charge in [0.1, 0.15) is 0 Å². The van der Waals surface area contributed by atoms with E-state index >= 15 is 0 Å². The molecule has 0 unspecified atom stereocenters. The van der Waals surface area contributed by atoms with Gasteiger partial charge in [-0.05, 0) is 56.9 Å². The SMILES string of the molecule is CCN(CC)C(=O)CCNCc1cc(C)c(C)cc1C. The van der Waals surface area contributed by atoms with Crippen molar-refractivity contribution in [2.75, 3.05) is 19.6 Å². The fourth-order valence-corrected chi connectivity index (χ4v) is 2.36. The number of aryl methyl sites for hydroxylation is 3. The number of nitrogens with one attached hydrogen (secondary N) is 1. The van der Waals surface area contributed by atoms with Crippen LogP contribution < -0.4 is 5.32 Å². The van der Waals surface area contributed by atoms with Gasteiger partial charge in [0.25, 0.3) is 0 Å². The third-order valence-corrected chi connectivity index (χ3v) is 3.90. The van der Waals surface area contributed by atoms with E-state index < -0.39 is 0 Å². The van der Waals surface area contributed by atoms with Gasteiger partial charge in [0.15, 0.2) is 0 Å². The molecule has 112 valence electrons. The summed E-state index contributed by atoms with van der Waals surface area (Å²) in [5.74, 6) is 0.235. The number of nitrogens with zero attached hydrogens (tertiary/aromatic N) is 1. The van der Waals surface area contributed by atoms with Crippen molar-refractivity contribution in [1.82, 2.24) is 10.2 Å². The van der Waals surface area contributed by atoms with Crippen LogP contribution in [0.25, 0.3) is 0 Å². The second-order valence-electron chi connectivity index (χ2n) is 5.36. The quantitative estimate of drug-likeness (QED) is 0.777. The minimum atomic E-state index is 0.235. The molecule has 1 amide bonds. The number of benzene rings is 1. The van der Waals surface area contributed by atoms with Crippen molar-refractivity contribution in [2.24, 2.45) is 0 Å². The van der Waals surface area contributed by atoms with E-state index in [4.69, 9.17) is 0 Å². The molecular formula is C17H28N2O. The first-order chi connectivity index (χ1) is 9.49. The van der Waals surface area contributed by atoms with Gasteiger partial charge >= 0.3 is 0 Å². The summed E-state index contributed by atoms with van der Waals surface area (Å²) >= 11 is 0. The molecule has 0 bridgehead atoms. The van der Waals surface area contributed by atoms with E-state index in [1.807, 2.05) is 18.7 Å². The number of hydrogen-bond acceptors (Lipinski definition) is 2. The molecule has 3 nitrogen and oxygen atoms in total. The second-order valence-corrected chi connectivity index (χ2v) is 5.36. The van der Waals surface area contributed by atoms with Crippen molar-refractivity contribution in [2.45, 2.75) is 47.6 Å². The Hall–Kier alpha value is -1.35. The molecule has 1 rings (SSSR count). The van der Waals surface area contributed by atoms with Crippen LogP contribution in [0.2, 0.25) is 0 Å². The van der Waals surface area contributed by atoms with E-state index in [-0.39, 0.29) is 5.91 Å². The average Bonchev–Trinajstić information content (AvgIpc) is 2.41. The molecular weight excluding hydrogens is 248 g/mol. The van der Waals surface area contributed by atoms with E-state index in [0.29, 0.717) is 6.42 Å². The molecule has 3 heteroatoms. The van der Waals surface area contributed by atoms with Crippen molar-refractivity contribution in [3.8, 4) is 0 Å². The molecule has 1 aromatic carbocycles. The lowest BCUT2D eigenvalue weighted by Crippen LogP contribution is -2.32. The van der Waals surface area contributed by atoms with Crippen LogP contribution in [0.4, 0.5) is 0 Å². The fraction of sp³-hybridized carbons (Fsp3) is 0.588. The summed E-state index contributed by atoms with van der Waals surface area (Å²) in [6, 6.07) is 4.47. The van der Waals surface area contributed by atoms with Gasteiger partial charge in [-0.3, -0.25) is 4.79 Å². The fourth-order valence-electron chi connectivity index (χ4n) is 2.36. The zero-order valence-corrected chi connectivity index (χ0v) is 13.5. The lowest BCUT2D eigenvalue weighted by atomic mass is 10.0. The van der Waals surface area contributed by atoms with Crippen LogP contribution in [0.1, 0.15) is 42.5 Å². The van der Waals surface area contributed by atoms with Gasteiger partial charge in [0.2, 0.25) is 5.91 Å². The van der Waals surface area contributed by atoms with Crippen molar-refractivity contribution < 1.29 is 4.79 Å². The molecule has 20 heavy (non-hydrogen) atoms. The summed E-state index contributed by atoms with van der Waals surface area (Å²) in [4.78, 5) is 13.7. The van der Waals surface area contributed by atoms with Crippen molar-refractivity contribution in [1.29, 1.82) is 0 Å². The van der Waals surface area contributed by atoms with Crippen LogP contribution in [0.15, 0.2) is 12.1 Å². The minimum absolute atomic E-state index is 0.235. The zero-order chi connectivity index (χ0) is 15.1. The first-order valence-corrected chi connectivity index (χ1v) is 7.54. The molecule has 0 aliphatic heterocycles. The zero-order valence-electron chi connectivity index (χ0n) is 13.5. The third kappa shape index (κ3) is 4.64. The lowest BCUT2D eigenvalue weighted by Gasteiger charge is -2.18. The van der Waals surface area contributed by atoms with E-state index in [2.05, 4.69) is 38.2 Å². The third-order valence-electron chi connectivity index (χ3n) is 3.90. The summed E-state index contributed by atoms with van der Waals surface area (Å²) in [5.41, 5.74) is 5.30. The Bertz CT molecular complexity index is 451. The van der Waals surface area contributed by atoms with Crippen molar-refractivity contribution >= 4 is 5.91 Å². The van der Waals surface area contributed by atoms with Gasteiger partial charge in [-0.25, -0.2) is 0 Å². The maximum atomic E-state index is 11.9. The molecule has 0 spiro atoms. The summed E-state index contributed by atoms with van der Waals surface area (Å²) < 4.78 is 0. The van der Waals surface area contributed by atoms with Crippen LogP contribution in [0.3, 0.4) is 0 Å². The second kappa shape index (κ2) is 8.05. The molecule has 0 atom stereocenters. The minimum Gasteiger partial charge on any atom is -0.343 e. The molecule has 0 aliphatic carbocycles. The van der Waals surface area contributed by atoms with Gasteiger partial charge in [-0.1, -0.05) is 12.1 Å². The van der Waals surface area contributed by atoms with Gasteiger partial charge in [0, 0.05) is 32.6 Å². The Balaban J connectivity index is 2.42. The van der Waals surface area contributed by atoms with E-state index in [1.165, 1.54) is 22.3 Å². The predicted octanol–water partition coefficient (Wildman–Crippen LogP) is 2.96. The summed E-state index contributed by atoms with van der Waals surface area (Å²) in [5, 5.41) is 3.38. The average molecular weight is 276 g/mol. The number of carbonyl (C=O) groups excluding carboxylic acids is 1. The lowest BCUT2D eigenvalue weighted by molar-refractivity contribution is -0.130. The predicted molar refractivity (Wildman–Crippen MR) is 84.9 cm³/mol. The van der Waals surface area contributed by atoms with E-state index in [9.17, 15) is 4.79 Å². The van der Waals surface area contributed by atoms with Crippen LogP contribution in [-0.4, -0.2) is 30.4 Å². The van der Waals surface area contributed by atoms with Gasteiger partial charge in [-0.2, -0.15) is 0 Å². The molecule has 1 aromatic rings. The summed E-state index contributed by atoms with van der Waals surface area (Å²) in [7, 11) is 0. The largest absolute Gasteiger partial charge is 0.343 e. The Morgan fingerprint density at radius 1 is 1.05 bits per heavy atom. The normalized spacial score (nSPS) is 10.7. The molecule has 0 saturated heterocycles. The molecule has 0 heterocycles. The van der Waals surface area contributed by atoms with E-state index in [0.717, 1.165) is 26.2 Å². The Kier molecular flexibility index (Phi) is 6.73. The smallest absolute Gasteiger partial charge is 0.223 e. The maximum absolute atomic E-state index is 11.9. The van der Waals surface area contributed by atoms with Crippen molar-refractivity contribution in [3.63, 3.8) is 0 Å². The van der Waals surface area contributed by atoms with Crippen LogP contribution in [0, 0.1) is 20.8 Å². The Labute approximate surface area is 123 Å². The molecule has 0 radical (unpaired) electrons. The standard InChI is InChI=1S/C17H28N2O/c1-6-19(7-2)17(20)8-9-18-12-16-11-14(4)13(3)10-15(16)5/h10-11,18H,6-9,12H2,1-5H3. The van der Waals surface area contributed by atoms with Crippen LogP contribution in [0.5, 0.6) is 0 Å². The van der Waals surface area contributed by atoms with Gasteiger partial charge in [-0.15, -0.1) is 0 Å². The highest BCUT2D eigenvalue weighted by molar-refractivity contribution is 5.76.